The van der Waals surface area contributed by atoms with Gasteiger partial charge in [-0.1, -0.05) is 34.1 Å². The Kier molecular flexibility index (Phi) is 4.32. The lowest BCUT2D eigenvalue weighted by Gasteiger charge is -2.37. The van der Waals surface area contributed by atoms with Gasteiger partial charge in [-0.15, -0.1) is 11.8 Å². The molecule has 98 valence electrons. The molecule has 2 aliphatic heterocycles. The number of piperidine rings is 1. The molecule has 1 aromatic carbocycles. The van der Waals surface area contributed by atoms with Crippen molar-refractivity contribution in [1.82, 2.24) is 4.90 Å². The second-order valence-corrected chi connectivity index (χ2v) is 7.82. The van der Waals surface area contributed by atoms with Gasteiger partial charge in [-0.2, -0.15) is 0 Å². The minimum atomic E-state index is 0.771. The van der Waals surface area contributed by atoms with Crippen molar-refractivity contribution < 1.29 is 0 Å². The molecule has 0 saturated carbocycles. The fourth-order valence-corrected chi connectivity index (χ4v) is 5.11. The minimum Gasteiger partial charge on any atom is -0.297 e. The van der Waals surface area contributed by atoms with Gasteiger partial charge in [-0.05, 0) is 37.8 Å². The van der Waals surface area contributed by atoms with Gasteiger partial charge in [0.25, 0.3) is 0 Å². The number of thioether (sulfide) groups is 1. The van der Waals surface area contributed by atoms with Gasteiger partial charge in [-0.3, -0.25) is 4.90 Å². The molecule has 0 spiro atoms. The minimum absolute atomic E-state index is 0.771. The molecule has 2 bridgehead atoms. The van der Waals surface area contributed by atoms with Crippen LogP contribution in [0.5, 0.6) is 0 Å². The van der Waals surface area contributed by atoms with Gasteiger partial charge in [0.05, 0.1) is 0 Å². The van der Waals surface area contributed by atoms with Crippen molar-refractivity contribution in [2.24, 2.45) is 0 Å². The van der Waals surface area contributed by atoms with Crippen LogP contribution in [0, 0.1) is 0 Å². The van der Waals surface area contributed by atoms with E-state index in [2.05, 4.69) is 51.2 Å². The number of rotatable bonds is 4. The van der Waals surface area contributed by atoms with Crippen LogP contribution in [0.25, 0.3) is 0 Å². The summed E-state index contributed by atoms with van der Waals surface area (Å²) >= 11 is 5.80. The van der Waals surface area contributed by atoms with Crippen LogP contribution in [0.1, 0.15) is 25.7 Å². The molecule has 0 amide bonds. The molecule has 3 rings (SSSR count). The lowest BCUT2D eigenvalue weighted by atomic mass is 10.0. The SMILES string of the molecule is BrC1CC2CCC(C1)N2CCSc1ccccc1. The third kappa shape index (κ3) is 2.94. The van der Waals surface area contributed by atoms with Gasteiger partial charge in [0.15, 0.2) is 0 Å². The molecule has 0 N–H and O–H groups in total. The molecule has 2 aliphatic rings. The molecule has 1 nitrogen and oxygen atoms in total. The third-order valence-electron chi connectivity index (χ3n) is 4.19. The highest BCUT2D eigenvalue weighted by Gasteiger charge is 2.39. The number of hydrogen-bond acceptors (Lipinski definition) is 2. The highest BCUT2D eigenvalue weighted by Crippen LogP contribution is 2.38. The van der Waals surface area contributed by atoms with Crippen molar-refractivity contribution in [3.63, 3.8) is 0 Å². The van der Waals surface area contributed by atoms with Gasteiger partial charge in [-0.25, -0.2) is 0 Å². The lowest BCUT2D eigenvalue weighted by molar-refractivity contribution is 0.155. The summed E-state index contributed by atoms with van der Waals surface area (Å²) in [6.07, 6.45) is 5.55. The highest BCUT2D eigenvalue weighted by molar-refractivity contribution is 9.09. The van der Waals surface area contributed by atoms with E-state index in [9.17, 15) is 0 Å². The Balaban J connectivity index is 1.49. The van der Waals surface area contributed by atoms with E-state index in [1.54, 1.807) is 0 Å². The summed E-state index contributed by atoms with van der Waals surface area (Å²) in [5.41, 5.74) is 0. The maximum Gasteiger partial charge on any atom is 0.0175 e. The molecule has 0 aliphatic carbocycles. The normalized spacial score (nSPS) is 31.7. The van der Waals surface area contributed by atoms with E-state index in [0.29, 0.717) is 0 Å². The van der Waals surface area contributed by atoms with E-state index in [1.807, 2.05) is 11.8 Å². The Labute approximate surface area is 122 Å². The van der Waals surface area contributed by atoms with Crippen molar-refractivity contribution in [3.05, 3.63) is 30.3 Å². The third-order valence-corrected chi connectivity index (χ3v) is 5.93. The first-order chi connectivity index (χ1) is 8.83. The van der Waals surface area contributed by atoms with Crippen LogP contribution >= 0.6 is 27.7 Å². The summed E-state index contributed by atoms with van der Waals surface area (Å²) in [7, 11) is 0. The van der Waals surface area contributed by atoms with Gasteiger partial charge < -0.3 is 0 Å². The zero-order valence-corrected chi connectivity index (χ0v) is 13.0. The summed E-state index contributed by atoms with van der Waals surface area (Å²) in [4.78, 5) is 4.95. The van der Waals surface area contributed by atoms with E-state index >= 15 is 0 Å². The quantitative estimate of drug-likeness (QED) is 0.603. The number of hydrogen-bond donors (Lipinski definition) is 0. The van der Waals surface area contributed by atoms with Crippen LogP contribution in [-0.2, 0) is 0 Å². The van der Waals surface area contributed by atoms with Crippen LogP contribution in [-0.4, -0.2) is 34.1 Å². The second kappa shape index (κ2) is 5.98. The van der Waals surface area contributed by atoms with Gasteiger partial charge >= 0.3 is 0 Å². The van der Waals surface area contributed by atoms with Crippen LogP contribution in [0.3, 0.4) is 0 Å². The molecule has 3 heteroatoms. The molecule has 0 aromatic heterocycles. The number of halogens is 1. The molecular weight excluding hydrogens is 306 g/mol. The molecular formula is C15H20BrNS. The summed E-state index contributed by atoms with van der Waals surface area (Å²) in [5.74, 6) is 1.23. The summed E-state index contributed by atoms with van der Waals surface area (Å²) < 4.78 is 0. The van der Waals surface area contributed by atoms with Crippen molar-refractivity contribution in [1.29, 1.82) is 0 Å². The molecule has 2 saturated heterocycles. The molecule has 18 heavy (non-hydrogen) atoms. The molecule has 2 unspecified atom stereocenters. The topological polar surface area (TPSA) is 3.24 Å². The Bertz CT molecular complexity index is 369. The summed E-state index contributed by atoms with van der Waals surface area (Å²) in [6, 6.07) is 12.5. The first-order valence-electron chi connectivity index (χ1n) is 6.90. The van der Waals surface area contributed by atoms with Crippen molar-refractivity contribution >= 4 is 27.7 Å². The monoisotopic (exact) mass is 325 g/mol. The number of alkyl halides is 1. The fourth-order valence-electron chi connectivity index (χ4n) is 3.36. The zero-order valence-electron chi connectivity index (χ0n) is 10.6. The smallest absolute Gasteiger partial charge is 0.0175 e. The van der Waals surface area contributed by atoms with Crippen LogP contribution in [0.15, 0.2) is 35.2 Å². The van der Waals surface area contributed by atoms with E-state index < -0.39 is 0 Å². The Morgan fingerprint density at radius 3 is 2.44 bits per heavy atom. The van der Waals surface area contributed by atoms with Crippen LogP contribution in [0.4, 0.5) is 0 Å². The molecule has 2 heterocycles. The van der Waals surface area contributed by atoms with Crippen molar-refractivity contribution in [3.8, 4) is 0 Å². The fraction of sp³-hybridized carbons (Fsp3) is 0.600. The van der Waals surface area contributed by atoms with Crippen molar-refractivity contribution in [2.75, 3.05) is 12.3 Å². The van der Waals surface area contributed by atoms with Gasteiger partial charge in [0.1, 0.15) is 0 Å². The standard InChI is InChI=1S/C15H20BrNS/c16-12-10-13-6-7-14(11-12)17(13)8-9-18-15-4-2-1-3-5-15/h1-5,12-14H,6-11H2. The molecule has 1 aromatic rings. The first kappa shape index (κ1) is 13.0. The number of fused-ring (bicyclic) bond motifs is 2. The predicted octanol–water partition coefficient (Wildman–Crippen LogP) is 4.17. The van der Waals surface area contributed by atoms with Gasteiger partial charge in [0, 0.05) is 34.1 Å². The lowest BCUT2D eigenvalue weighted by Crippen LogP contribution is -2.44. The van der Waals surface area contributed by atoms with Gasteiger partial charge in [0.2, 0.25) is 0 Å². The van der Waals surface area contributed by atoms with E-state index in [0.717, 1.165) is 16.9 Å². The zero-order chi connectivity index (χ0) is 12.4. The van der Waals surface area contributed by atoms with E-state index in [4.69, 9.17) is 0 Å². The van der Waals surface area contributed by atoms with Crippen molar-refractivity contribution in [2.45, 2.75) is 47.5 Å². The number of nitrogens with zero attached hydrogens (tertiary/aromatic N) is 1. The maximum absolute atomic E-state index is 3.81. The second-order valence-electron chi connectivity index (χ2n) is 5.35. The predicted molar refractivity (Wildman–Crippen MR) is 82.6 cm³/mol. The molecule has 2 fully saturated rings. The Morgan fingerprint density at radius 2 is 1.78 bits per heavy atom. The average molecular weight is 326 g/mol. The largest absolute Gasteiger partial charge is 0.297 e. The molecule has 0 radical (unpaired) electrons. The summed E-state index contributed by atoms with van der Waals surface area (Å²) in [5, 5.41) is 0. The van der Waals surface area contributed by atoms with E-state index in [-0.39, 0.29) is 0 Å². The average Bonchev–Trinajstić information content (AvgIpc) is 2.63. The first-order valence-corrected chi connectivity index (χ1v) is 8.81. The number of benzene rings is 1. The van der Waals surface area contributed by atoms with Crippen LogP contribution < -0.4 is 0 Å². The Morgan fingerprint density at radius 1 is 1.11 bits per heavy atom. The summed E-state index contributed by atoms with van der Waals surface area (Å²) in [6.45, 7) is 1.26. The molecule has 2 atom stereocenters. The maximum atomic E-state index is 3.81. The van der Waals surface area contributed by atoms with E-state index in [1.165, 1.54) is 42.9 Å². The highest BCUT2D eigenvalue weighted by atomic mass is 79.9. The van der Waals surface area contributed by atoms with Crippen LogP contribution in [0.2, 0.25) is 0 Å². The Hall–Kier alpha value is 0.0100.